The maximum atomic E-state index is 13.2. The smallest absolute Gasteiger partial charge is 0.267 e. The van der Waals surface area contributed by atoms with Crippen LogP contribution in [0.15, 0.2) is 41.2 Å². The number of nitro groups is 1. The molecule has 0 unspecified atom stereocenters. The number of non-ortho nitro benzene ring substituents is 1. The normalized spacial score (nSPS) is 11.8. The van der Waals surface area contributed by atoms with Gasteiger partial charge in [-0.1, -0.05) is 23.1 Å². The van der Waals surface area contributed by atoms with Crippen LogP contribution in [0.2, 0.25) is 5.02 Å². The molecule has 124 valence electrons. The number of halogens is 4. The number of alkyl halides is 3. The Morgan fingerprint density at radius 1 is 1.17 bits per heavy atom. The summed E-state index contributed by atoms with van der Waals surface area (Å²) in [6.45, 7) is 0. The molecule has 0 aliphatic carbocycles. The van der Waals surface area contributed by atoms with E-state index in [-0.39, 0.29) is 26.5 Å². The Balaban J connectivity index is 2.30. The van der Waals surface area contributed by atoms with Crippen molar-refractivity contribution in [3.63, 3.8) is 0 Å². The van der Waals surface area contributed by atoms with Crippen molar-refractivity contribution >= 4 is 38.9 Å². The summed E-state index contributed by atoms with van der Waals surface area (Å²) in [4.78, 5) is 22.5. The lowest BCUT2D eigenvalue weighted by molar-refractivity contribution is -0.384. The van der Waals surface area contributed by atoms with Gasteiger partial charge >= 0.3 is 6.18 Å². The minimum atomic E-state index is -4.71. The second-order valence-electron chi connectivity index (χ2n) is 4.79. The highest BCUT2D eigenvalue weighted by Crippen LogP contribution is 2.36. The van der Waals surface area contributed by atoms with Gasteiger partial charge in [0.2, 0.25) is 0 Å². The molecule has 2 aromatic carbocycles. The van der Waals surface area contributed by atoms with Gasteiger partial charge in [0.1, 0.15) is 0 Å². The van der Waals surface area contributed by atoms with E-state index < -0.39 is 22.2 Å². The molecule has 0 fully saturated rings. The van der Waals surface area contributed by atoms with Gasteiger partial charge in [0.15, 0.2) is 0 Å². The highest BCUT2D eigenvalue weighted by molar-refractivity contribution is 7.14. The lowest BCUT2D eigenvalue weighted by atomic mass is 10.1. The van der Waals surface area contributed by atoms with Crippen LogP contribution in [0.25, 0.3) is 15.8 Å². The van der Waals surface area contributed by atoms with Crippen molar-refractivity contribution in [3.8, 4) is 5.69 Å². The minimum Gasteiger partial charge on any atom is -0.267 e. The van der Waals surface area contributed by atoms with Crippen LogP contribution in [0.4, 0.5) is 18.9 Å². The van der Waals surface area contributed by atoms with E-state index in [0.717, 1.165) is 28.2 Å². The molecule has 0 saturated heterocycles. The molecule has 24 heavy (non-hydrogen) atoms. The van der Waals surface area contributed by atoms with Gasteiger partial charge in [0, 0.05) is 17.2 Å². The van der Waals surface area contributed by atoms with Crippen LogP contribution < -0.4 is 5.56 Å². The molecule has 0 atom stereocenters. The molecule has 0 aliphatic heterocycles. The molecule has 0 amide bonds. The summed E-state index contributed by atoms with van der Waals surface area (Å²) in [5.41, 5.74) is -2.36. The molecule has 0 spiro atoms. The van der Waals surface area contributed by atoms with Gasteiger partial charge in [-0.2, -0.15) is 13.2 Å². The monoisotopic (exact) mass is 374 g/mol. The van der Waals surface area contributed by atoms with Crippen LogP contribution in [0, 0.1) is 10.1 Å². The summed E-state index contributed by atoms with van der Waals surface area (Å²) in [6, 6.07) is 6.58. The predicted molar refractivity (Wildman–Crippen MR) is 84.1 cm³/mol. The first-order valence-electron chi connectivity index (χ1n) is 6.36. The Hall–Kier alpha value is -2.39. The average molecular weight is 375 g/mol. The van der Waals surface area contributed by atoms with Gasteiger partial charge in [-0.05, 0) is 24.3 Å². The summed E-state index contributed by atoms with van der Waals surface area (Å²) in [5, 5.41) is 10.8. The third-order valence-corrected chi connectivity index (χ3v) is 4.58. The average Bonchev–Trinajstić information content (AvgIpc) is 2.83. The van der Waals surface area contributed by atoms with Gasteiger partial charge in [0.05, 0.1) is 26.3 Å². The third-order valence-electron chi connectivity index (χ3n) is 3.26. The van der Waals surface area contributed by atoms with E-state index in [4.69, 9.17) is 11.6 Å². The van der Waals surface area contributed by atoms with Crippen molar-refractivity contribution in [1.29, 1.82) is 0 Å². The highest BCUT2D eigenvalue weighted by atomic mass is 35.5. The molecule has 0 bridgehead atoms. The van der Waals surface area contributed by atoms with Crippen LogP contribution >= 0.6 is 23.1 Å². The summed E-state index contributed by atoms with van der Waals surface area (Å²) in [5.74, 6) is 0. The Kier molecular flexibility index (Phi) is 3.84. The van der Waals surface area contributed by atoms with Crippen molar-refractivity contribution in [2.75, 3.05) is 0 Å². The van der Waals surface area contributed by atoms with Gasteiger partial charge in [-0.15, -0.1) is 0 Å². The number of nitrogens with zero attached hydrogens (tertiary/aromatic N) is 2. The quantitative estimate of drug-likeness (QED) is 0.485. The molecule has 3 rings (SSSR count). The molecule has 3 aromatic rings. The molecule has 1 aromatic heterocycles. The topological polar surface area (TPSA) is 65.1 Å². The Morgan fingerprint density at radius 2 is 1.88 bits per heavy atom. The number of hydrogen-bond donors (Lipinski definition) is 0. The SMILES string of the molecule is O=c1c2ccc([N+](=O)[O-])cc2sn1-c1ccc(Cl)cc1C(F)(F)F. The summed E-state index contributed by atoms with van der Waals surface area (Å²) < 4.78 is 40.7. The highest BCUT2D eigenvalue weighted by Gasteiger charge is 2.35. The number of benzene rings is 2. The Bertz CT molecular complexity index is 1030. The zero-order valence-corrected chi connectivity index (χ0v) is 13.1. The van der Waals surface area contributed by atoms with Crippen molar-refractivity contribution in [2.24, 2.45) is 0 Å². The molecule has 0 aliphatic rings. The van der Waals surface area contributed by atoms with Crippen LogP contribution in [0.5, 0.6) is 0 Å². The number of nitro benzene ring substituents is 1. The number of rotatable bonds is 2. The molecule has 0 N–H and O–H groups in total. The minimum absolute atomic E-state index is 0.105. The first-order chi connectivity index (χ1) is 11.2. The molecular weight excluding hydrogens is 369 g/mol. The zero-order valence-electron chi connectivity index (χ0n) is 11.5. The lowest BCUT2D eigenvalue weighted by Gasteiger charge is -2.12. The molecule has 10 heteroatoms. The van der Waals surface area contributed by atoms with E-state index in [9.17, 15) is 28.1 Å². The number of fused-ring (bicyclic) bond motifs is 1. The van der Waals surface area contributed by atoms with Crippen molar-refractivity contribution < 1.29 is 18.1 Å². The summed E-state index contributed by atoms with van der Waals surface area (Å²) >= 11 is 6.33. The molecule has 0 radical (unpaired) electrons. The van der Waals surface area contributed by atoms with E-state index in [1.54, 1.807) is 0 Å². The molecular formula is C14H6ClF3N2O3S. The fraction of sp³-hybridized carbons (Fsp3) is 0.0714. The van der Waals surface area contributed by atoms with Crippen molar-refractivity contribution in [2.45, 2.75) is 6.18 Å². The number of hydrogen-bond acceptors (Lipinski definition) is 4. The van der Waals surface area contributed by atoms with Crippen LogP contribution in [-0.2, 0) is 6.18 Å². The second-order valence-corrected chi connectivity index (χ2v) is 6.21. The largest absolute Gasteiger partial charge is 0.418 e. The van der Waals surface area contributed by atoms with Gasteiger partial charge in [0.25, 0.3) is 11.2 Å². The predicted octanol–water partition coefficient (Wildman–Crippen LogP) is 4.63. The second kappa shape index (κ2) is 5.60. The van der Waals surface area contributed by atoms with Gasteiger partial charge in [-0.3, -0.25) is 14.9 Å². The van der Waals surface area contributed by atoms with Crippen LogP contribution in [0.3, 0.4) is 0 Å². The maximum absolute atomic E-state index is 13.2. The van der Waals surface area contributed by atoms with Gasteiger partial charge in [-0.25, -0.2) is 3.96 Å². The van der Waals surface area contributed by atoms with Crippen molar-refractivity contribution in [3.05, 3.63) is 67.5 Å². The molecule has 5 nitrogen and oxygen atoms in total. The third kappa shape index (κ3) is 2.76. The number of aromatic nitrogens is 1. The Labute approximate surface area is 140 Å². The van der Waals surface area contributed by atoms with E-state index in [1.165, 1.54) is 12.1 Å². The Morgan fingerprint density at radius 3 is 2.50 bits per heavy atom. The first-order valence-corrected chi connectivity index (χ1v) is 7.51. The van der Waals surface area contributed by atoms with Crippen LogP contribution in [-0.4, -0.2) is 8.88 Å². The fourth-order valence-electron chi connectivity index (χ4n) is 2.20. The first kappa shape index (κ1) is 16.5. The van der Waals surface area contributed by atoms with E-state index in [1.807, 2.05) is 0 Å². The van der Waals surface area contributed by atoms with E-state index in [0.29, 0.717) is 11.5 Å². The van der Waals surface area contributed by atoms with Gasteiger partial charge < -0.3 is 0 Å². The molecule has 0 saturated carbocycles. The van der Waals surface area contributed by atoms with E-state index >= 15 is 0 Å². The maximum Gasteiger partial charge on any atom is 0.418 e. The van der Waals surface area contributed by atoms with Crippen molar-refractivity contribution in [1.82, 2.24) is 3.96 Å². The summed E-state index contributed by atoms with van der Waals surface area (Å²) in [6.07, 6.45) is -4.71. The molecule has 1 heterocycles. The standard InChI is InChI=1S/C14H6ClF3N2O3S/c15-7-1-4-11(10(5-7)14(16,17)18)19-13(21)9-3-2-8(20(22)23)6-12(9)24-19/h1-6H. The lowest BCUT2D eigenvalue weighted by Crippen LogP contribution is -2.16. The fourth-order valence-corrected chi connectivity index (χ4v) is 3.43. The van der Waals surface area contributed by atoms with E-state index in [2.05, 4.69) is 0 Å². The summed E-state index contributed by atoms with van der Waals surface area (Å²) in [7, 11) is 0. The zero-order chi connectivity index (χ0) is 17.6. The van der Waals surface area contributed by atoms with Crippen LogP contribution in [0.1, 0.15) is 5.56 Å².